The summed E-state index contributed by atoms with van der Waals surface area (Å²) in [6, 6.07) is 16.1. The Balaban J connectivity index is 2.00. The minimum atomic E-state index is 0.0342. The highest BCUT2D eigenvalue weighted by Gasteiger charge is 2.10. The molecule has 0 heterocycles. The summed E-state index contributed by atoms with van der Waals surface area (Å²) in [7, 11) is 0. The zero-order valence-corrected chi connectivity index (χ0v) is 15.1. The van der Waals surface area contributed by atoms with Crippen LogP contribution in [0, 0.1) is 3.57 Å². The predicted octanol–water partition coefficient (Wildman–Crippen LogP) is 5.15. The third-order valence-corrected chi connectivity index (χ3v) is 4.71. The van der Waals surface area contributed by atoms with Crippen LogP contribution in [0.3, 0.4) is 0 Å². The molecule has 0 bridgehead atoms. The number of carbonyl (C=O) groups is 1. The molecule has 0 aliphatic heterocycles. The van der Waals surface area contributed by atoms with Crippen LogP contribution in [-0.4, -0.2) is 11.7 Å². The van der Waals surface area contributed by atoms with Gasteiger partial charge in [-0.05, 0) is 64.4 Å². The van der Waals surface area contributed by atoms with Crippen molar-refractivity contribution in [3.8, 4) is 0 Å². The first-order valence-electron chi connectivity index (χ1n) is 6.83. The number of carbonyl (C=O) groups excluding carboxylic acids is 1. The number of thioether (sulfide) groups is 1. The fourth-order valence-electron chi connectivity index (χ4n) is 1.98. The Bertz CT molecular complexity index is 613. The highest BCUT2D eigenvalue weighted by molar-refractivity contribution is 14.1. The molecule has 0 aliphatic rings. The van der Waals surface area contributed by atoms with Gasteiger partial charge in [-0.3, -0.25) is 4.79 Å². The highest BCUT2D eigenvalue weighted by Crippen LogP contribution is 2.26. The van der Waals surface area contributed by atoms with Crippen molar-refractivity contribution in [3.63, 3.8) is 0 Å². The molecule has 0 aromatic heterocycles. The van der Waals surface area contributed by atoms with E-state index in [9.17, 15) is 4.79 Å². The van der Waals surface area contributed by atoms with Gasteiger partial charge in [0.1, 0.15) is 0 Å². The third kappa shape index (κ3) is 5.04. The molecule has 0 aliphatic carbocycles. The first kappa shape index (κ1) is 16.4. The van der Waals surface area contributed by atoms with E-state index in [0.717, 1.165) is 10.6 Å². The van der Waals surface area contributed by atoms with E-state index in [1.807, 2.05) is 42.5 Å². The van der Waals surface area contributed by atoms with Crippen LogP contribution >= 0.6 is 34.4 Å². The second-order valence-corrected chi connectivity index (χ2v) is 7.33. The maximum absolute atomic E-state index is 12.1. The molecule has 0 radical (unpaired) electrons. The Morgan fingerprint density at radius 3 is 2.57 bits per heavy atom. The van der Waals surface area contributed by atoms with Gasteiger partial charge in [-0.15, -0.1) is 11.8 Å². The second-order valence-electron chi connectivity index (χ2n) is 5.04. The minimum Gasteiger partial charge on any atom is -0.325 e. The van der Waals surface area contributed by atoms with Crippen molar-refractivity contribution in [1.29, 1.82) is 0 Å². The van der Waals surface area contributed by atoms with Gasteiger partial charge in [-0.25, -0.2) is 0 Å². The Kier molecular flexibility index (Phi) is 6.11. The lowest BCUT2D eigenvalue weighted by Crippen LogP contribution is -2.15. The summed E-state index contributed by atoms with van der Waals surface area (Å²) in [5.74, 6) is 0.844. The topological polar surface area (TPSA) is 29.1 Å². The molecule has 0 unspecified atom stereocenters. The smallest absolute Gasteiger partial charge is 0.234 e. The van der Waals surface area contributed by atoms with Gasteiger partial charge in [-0.2, -0.15) is 0 Å². The van der Waals surface area contributed by atoms with E-state index in [0.29, 0.717) is 11.7 Å². The molecule has 0 fully saturated rings. The first-order valence-corrected chi connectivity index (χ1v) is 8.90. The number of hydrogen-bond acceptors (Lipinski definition) is 2. The van der Waals surface area contributed by atoms with Crippen molar-refractivity contribution < 1.29 is 4.79 Å². The lowest BCUT2D eigenvalue weighted by Gasteiger charge is -2.14. The van der Waals surface area contributed by atoms with Crippen molar-refractivity contribution in [1.82, 2.24) is 0 Å². The molecule has 4 heteroatoms. The number of amides is 1. The van der Waals surface area contributed by atoms with Gasteiger partial charge >= 0.3 is 0 Å². The van der Waals surface area contributed by atoms with E-state index in [4.69, 9.17) is 0 Å². The number of anilines is 1. The number of benzene rings is 2. The van der Waals surface area contributed by atoms with E-state index < -0.39 is 0 Å². The molecule has 0 saturated carbocycles. The van der Waals surface area contributed by atoms with Gasteiger partial charge < -0.3 is 5.32 Å². The Morgan fingerprint density at radius 2 is 1.90 bits per heavy atom. The van der Waals surface area contributed by atoms with E-state index in [2.05, 4.69) is 47.8 Å². The summed E-state index contributed by atoms with van der Waals surface area (Å²) in [6.45, 7) is 4.28. The molecule has 0 atom stereocenters. The number of nitrogens with one attached hydrogen (secondary N) is 1. The predicted molar refractivity (Wildman–Crippen MR) is 99.0 cm³/mol. The molecule has 1 amide bonds. The van der Waals surface area contributed by atoms with Crippen molar-refractivity contribution in [2.45, 2.75) is 24.7 Å². The normalized spacial score (nSPS) is 10.7. The van der Waals surface area contributed by atoms with E-state index in [-0.39, 0.29) is 5.91 Å². The molecular formula is C17H18INOS. The van der Waals surface area contributed by atoms with E-state index in [1.54, 1.807) is 11.8 Å². The molecule has 1 N–H and O–H groups in total. The number of rotatable bonds is 5. The van der Waals surface area contributed by atoms with Gasteiger partial charge in [0, 0.05) is 14.2 Å². The quantitative estimate of drug-likeness (QED) is 0.545. The Hall–Kier alpha value is -1.01. The van der Waals surface area contributed by atoms with Gasteiger partial charge in [-0.1, -0.05) is 32.0 Å². The van der Waals surface area contributed by atoms with E-state index >= 15 is 0 Å². The molecule has 0 spiro atoms. The molecule has 21 heavy (non-hydrogen) atoms. The van der Waals surface area contributed by atoms with Crippen molar-refractivity contribution in [2.24, 2.45) is 0 Å². The van der Waals surface area contributed by atoms with Crippen LogP contribution in [0.5, 0.6) is 0 Å². The average molecular weight is 411 g/mol. The molecule has 2 aromatic carbocycles. The lowest BCUT2D eigenvalue weighted by molar-refractivity contribution is -0.113. The molecule has 2 rings (SSSR count). The fourth-order valence-corrected chi connectivity index (χ4v) is 3.21. The van der Waals surface area contributed by atoms with Crippen LogP contribution < -0.4 is 5.32 Å². The minimum absolute atomic E-state index is 0.0342. The van der Waals surface area contributed by atoms with Crippen LogP contribution in [0.25, 0.3) is 0 Å². The van der Waals surface area contributed by atoms with Crippen molar-refractivity contribution in [2.75, 3.05) is 11.1 Å². The summed E-state index contributed by atoms with van der Waals surface area (Å²) < 4.78 is 1.19. The van der Waals surface area contributed by atoms with Crippen LogP contribution in [0.2, 0.25) is 0 Å². The maximum atomic E-state index is 12.1. The average Bonchev–Trinajstić information content (AvgIpc) is 2.48. The van der Waals surface area contributed by atoms with Gasteiger partial charge in [0.25, 0.3) is 0 Å². The molecular weight excluding hydrogens is 393 g/mol. The Labute approximate surface area is 143 Å². The van der Waals surface area contributed by atoms with Crippen LogP contribution in [0.1, 0.15) is 25.3 Å². The Morgan fingerprint density at radius 1 is 1.19 bits per heavy atom. The summed E-state index contributed by atoms with van der Waals surface area (Å²) >= 11 is 3.85. The maximum Gasteiger partial charge on any atom is 0.234 e. The molecule has 2 nitrogen and oxygen atoms in total. The second kappa shape index (κ2) is 7.84. The van der Waals surface area contributed by atoms with Gasteiger partial charge in [0.15, 0.2) is 0 Å². The number of halogens is 1. The monoisotopic (exact) mass is 411 g/mol. The molecule has 0 saturated heterocycles. The standard InChI is InChI=1S/C17H18INOS/c1-12(2)15-10-13(18)8-9-16(15)19-17(20)11-21-14-6-4-3-5-7-14/h3-10,12H,11H2,1-2H3,(H,19,20). The third-order valence-electron chi connectivity index (χ3n) is 3.02. The first-order chi connectivity index (χ1) is 10.1. The van der Waals surface area contributed by atoms with Crippen molar-refractivity contribution in [3.05, 3.63) is 57.7 Å². The highest BCUT2D eigenvalue weighted by atomic mass is 127. The summed E-state index contributed by atoms with van der Waals surface area (Å²) in [4.78, 5) is 13.2. The van der Waals surface area contributed by atoms with Crippen LogP contribution in [0.15, 0.2) is 53.4 Å². The van der Waals surface area contributed by atoms with Gasteiger partial charge in [0.2, 0.25) is 5.91 Å². The summed E-state index contributed by atoms with van der Waals surface area (Å²) in [5.41, 5.74) is 2.10. The summed E-state index contributed by atoms with van der Waals surface area (Å²) in [5, 5.41) is 3.03. The lowest BCUT2D eigenvalue weighted by atomic mass is 10.0. The van der Waals surface area contributed by atoms with Crippen LogP contribution in [-0.2, 0) is 4.79 Å². The SMILES string of the molecule is CC(C)c1cc(I)ccc1NC(=O)CSc1ccccc1. The molecule has 2 aromatic rings. The zero-order chi connectivity index (χ0) is 15.2. The molecule has 110 valence electrons. The van der Waals surface area contributed by atoms with Crippen molar-refractivity contribution >= 4 is 45.9 Å². The summed E-state index contributed by atoms with van der Waals surface area (Å²) in [6.07, 6.45) is 0. The van der Waals surface area contributed by atoms with Crippen LogP contribution in [0.4, 0.5) is 5.69 Å². The number of hydrogen-bond donors (Lipinski definition) is 1. The zero-order valence-electron chi connectivity index (χ0n) is 12.1. The van der Waals surface area contributed by atoms with Gasteiger partial charge in [0.05, 0.1) is 5.75 Å². The largest absolute Gasteiger partial charge is 0.325 e. The van der Waals surface area contributed by atoms with E-state index in [1.165, 1.54) is 9.13 Å². The fraction of sp³-hybridized carbons (Fsp3) is 0.235.